The van der Waals surface area contributed by atoms with Crippen LogP contribution in [0, 0.1) is 17.3 Å². The van der Waals surface area contributed by atoms with Crippen molar-refractivity contribution in [3.8, 4) is 0 Å². The summed E-state index contributed by atoms with van der Waals surface area (Å²) in [5.41, 5.74) is 0.400. The van der Waals surface area contributed by atoms with Gasteiger partial charge >= 0.3 is 0 Å². The lowest BCUT2D eigenvalue weighted by molar-refractivity contribution is -0.125. The third-order valence-electron chi connectivity index (χ3n) is 5.82. The summed E-state index contributed by atoms with van der Waals surface area (Å²) >= 11 is 0. The molecule has 3 aliphatic rings. The zero-order valence-corrected chi connectivity index (χ0v) is 13.8. The molecule has 4 nitrogen and oxygen atoms in total. The minimum Gasteiger partial charge on any atom is -0.377 e. The van der Waals surface area contributed by atoms with Crippen molar-refractivity contribution in [1.82, 2.24) is 10.6 Å². The van der Waals surface area contributed by atoms with Gasteiger partial charge in [0.1, 0.15) is 0 Å². The molecule has 3 fully saturated rings. The third kappa shape index (κ3) is 2.67. The Morgan fingerprint density at radius 1 is 1.33 bits per heavy atom. The molecule has 2 saturated carbocycles. The number of nitrogens with zero attached hydrogens (tertiary/aromatic N) is 1. The molecule has 0 aromatic heterocycles. The maximum Gasteiger partial charge on any atom is 0.191 e. The Balaban J connectivity index is 1.60. The Hall–Kier alpha value is -0.770. The molecular weight excluding hydrogens is 262 g/mol. The van der Waals surface area contributed by atoms with Crippen molar-refractivity contribution in [3.63, 3.8) is 0 Å². The van der Waals surface area contributed by atoms with Gasteiger partial charge in [0.25, 0.3) is 0 Å². The van der Waals surface area contributed by atoms with Crippen LogP contribution >= 0.6 is 0 Å². The maximum atomic E-state index is 6.05. The first kappa shape index (κ1) is 15.1. The lowest BCUT2D eigenvalue weighted by atomic mass is 9.54. The predicted molar refractivity (Wildman–Crippen MR) is 86.5 cm³/mol. The molecule has 1 heterocycles. The minimum atomic E-state index is 0.400. The van der Waals surface area contributed by atoms with Gasteiger partial charge < -0.3 is 15.4 Å². The van der Waals surface area contributed by atoms with Crippen molar-refractivity contribution in [2.24, 2.45) is 22.2 Å². The first-order chi connectivity index (χ1) is 10.2. The van der Waals surface area contributed by atoms with Crippen LogP contribution in [0.15, 0.2) is 4.99 Å². The molecule has 1 saturated heterocycles. The number of hydrogen-bond donors (Lipinski definition) is 2. The molecule has 0 aromatic carbocycles. The van der Waals surface area contributed by atoms with E-state index in [4.69, 9.17) is 4.74 Å². The fourth-order valence-corrected chi connectivity index (χ4v) is 4.73. The molecule has 120 valence electrons. The van der Waals surface area contributed by atoms with Gasteiger partial charge in [-0.2, -0.15) is 0 Å². The van der Waals surface area contributed by atoms with E-state index in [2.05, 4.69) is 29.5 Å². The Labute approximate surface area is 129 Å². The standard InChI is InChI=1S/C17H31N3O/c1-12(2)6-10-19-16(18-3)20-14-13-7-11-21-15(13)17(14)8-4-5-9-17/h12-15H,4-11H2,1-3H3,(H2,18,19,20). The molecule has 21 heavy (non-hydrogen) atoms. The Morgan fingerprint density at radius 2 is 2.10 bits per heavy atom. The normalized spacial score (nSPS) is 34.1. The van der Waals surface area contributed by atoms with E-state index in [0.717, 1.165) is 25.0 Å². The van der Waals surface area contributed by atoms with Crippen LogP contribution in [0.1, 0.15) is 52.4 Å². The quantitative estimate of drug-likeness (QED) is 0.618. The van der Waals surface area contributed by atoms with E-state index >= 15 is 0 Å². The Bertz CT molecular complexity index is 387. The first-order valence-corrected chi connectivity index (χ1v) is 8.76. The van der Waals surface area contributed by atoms with Gasteiger partial charge in [-0.15, -0.1) is 0 Å². The largest absolute Gasteiger partial charge is 0.377 e. The molecule has 2 N–H and O–H groups in total. The van der Waals surface area contributed by atoms with Gasteiger partial charge in [-0.3, -0.25) is 4.99 Å². The molecule has 3 atom stereocenters. The average Bonchev–Trinajstić information content (AvgIpc) is 3.09. The summed E-state index contributed by atoms with van der Waals surface area (Å²) in [4.78, 5) is 4.43. The fraction of sp³-hybridized carbons (Fsp3) is 0.941. The summed E-state index contributed by atoms with van der Waals surface area (Å²) in [5.74, 6) is 2.41. The summed E-state index contributed by atoms with van der Waals surface area (Å²) in [5, 5.41) is 7.22. The van der Waals surface area contributed by atoms with E-state index in [1.54, 1.807) is 0 Å². The van der Waals surface area contributed by atoms with E-state index in [-0.39, 0.29) is 0 Å². The molecule has 4 heteroatoms. The molecule has 1 spiro atoms. The van der Waals surface area contributed by atoms with E-state index in [0.29, 0.717) is 23.5 Å². The summed E-state index contributed by atoms with van der Waals surface area (Å²) in [7, 11) is 1.88. The van der Waals surface area contributed by atoms with Gasteiger partial charge in [-0.25, -0.2) is 0 Å². The molecule has 2 aliphatic carbocycles. The topological polar surface area (TPSA) is 45.7 Å². The van der Waals surface area contributed by atoms with Crippen molar-refractivity contribution in [1.29, 1.82) is 0 Å². The highest BCUT2D eigenvalue weighted by molar-refractivity contribution is 5.80. The lowest BCUT2D eigenvalue weighted by Gasteiger charge is -2.57. The summed E-state index contributed by atoms with van der Waals surface area (Å²) in [6, 6.07) is 0.567. The van der Waals surface area contributed by atoms with Crippen molar-refractivity contribution < 1.29 is 4.74 Å². The molecule has 0 radical (unpaired) electrons. The first-order valence-electron chi connectivity index (χ1n) is 8.76. The van der Waals surface area contributed by atoms with Crippen LogP contribution in [-0.4, -0.2) is 38.3 Å². The number of aliphatic imine (C=N–C) groups is 1. The van der Waals surface area contributed by atoms with E-state index in [9.17, 15) is 0 Å². The molecule has 3 unspecified atom stereocenters. The number of ether oxygens (including phenoxy) is 1. The van der Waals surface area contributed by atoms with Crippen LogP contribution in [-0.2, 0) is 4.74 Å². The van der Waals surface area contributed by atoms with Gasteiger partial charge in [-0.1, -0.05) is 26.7 Å². The third-order valence-corrected chi connectivity index (χ3v) is 5.82. The SMILES string of the molecule is CN=C(NCCC(C)C)NC1C2CCOC2C12CCCC2. The molecule has 0 amide bonds. The molecule has 0 bridgehead atoms. The number of rotatable bonds is 4. The Kier molecular flexibility index (Phi) is 4.43. The highest BCUT2D eigenvalue weighted by atomic mass is 16.5. The molecule has 0 aromatic rings. The van der Waals surface area contributed by atoms with Crippen LogP contribution in [0.4, 0.5) is 0 Å². The van der Waals surface area contributed by atoms with Crippen LogP contribution in [0.2, 0.25) is 0 Å². The Morgan fingerprint density at radius 3 is 2.76 bits per heavy atom. The van der Waals surface area contributed by atoms with E-state index in [1.165, 1.54) is 38.5 Å². The monoisotopic (exact) mass is 293 g/mol. The maximum absolute atomic E-state index is 6.05. The van der Waals surface area contributed by atoms with Crippen LogP contribution in [0.5, 0.6) is 0 Å². The molecule has 3 rings (SSSR count). The second kappa shape index (κ2) is 6.15. The fourth-order valence-electron chi connectivity index (χ4n) is 4.73. The van der Waals surface area contributed by atoms with Crippen molar-refractivity contribution >= 4 is 5.96 Å². The van der Waals surface area contributed by atoms with Gasteiger partial charge in [0.05, 0.1) is 6.10 Å². The molecular formula is C17H31N3O. The number of guanidine groups is 1. The second-order valence-electron chi connectivity index (χ2n) is 7.49. The molecule has 1 aliphatic heterocycles. The van der Waals surface area contributed by atoms with Crippen LogP contribution in [0.3, 0.4) is 0 Å². The summed E-state index contributed by atoms with van der Waals surface area (Å²) < 4.78 is 6.05. The van der Waals surface area contributed by atoms with Crippen molar-refractivity contribution in [2.45, 2.75) is 64.5 Å². The zero-order chi connectivity index (χ0) is 14.9. The second-order valence-corrected chi connectivity index (χ2v) is 7.49. The smallest absolute Gasteiger partial charge is 0.191 e. The summed E-state index contributed by atoms with van der Waals surface area (Å²) in [6.45, 7) is 6.48. The van der Waals surface area contributed by atoms with Gasteiger partial charge in [0.2, 0.25) is 0 Å². The van der Waals surface area contributed by atoms with Gasteiger partial charge in [0.15, 0.2) is 5.96 Å². The van der Waals surface area contributed by atoms with Crippen molar-refractivity contribution in [2.75, 3.05) is 20.2 Å². The van der Waals surface area contributed by atoms with Crippen LogP contribution in [0.25, 0.3) is 0 Å². The lowest BCUT2D eigenvalue weighted by Crippen LogP contribution is -2.69. The highest BCUT2D eigenvalue weighted by Gasteiger charge is 2.65. The van der Waals surface area contributed by atoms with E-state index in [1.807, 2.05) is 7.05 Å². The predicted octanol–water partition coefficient (Wildman–Crippen LogP) is 2.55. The number of fused-ring (bicyclic) bond motifs is 2. The minimum absolute atomic E-state index is 0.400. The van der Waals surface area contributed by atoms with Crippen LogP contribution < -0.4 is 10.6 Å². The zero-order valence-electron chi connectivity index (χ0n) is 13.8. The summed E-state index contributed by atoms with van der Waals surface area (Å²) in [6.07, 6.45) is 8.31. The number of hydrogen-bond acceptors (Lipinski definition) is 2. The van der Waals surface area contributed by atoms with Crippen molar-refractivity contribution in [3.05, 3.63) is 0 Å². The van der Waals surface area contributed by atoms with E-state index < -0.39 is 0 Å². The highest BCUT2D eigenvalue weighted by Crippen LogP contribution is 2.60. The average molecular weight is 293 g/mol. The van der Waals surface area contributed by atoms with Gasteiger partial charge in [-0.05, 0) is 31.6 Å². The van der Waals surface area contributed by atoms with Gasteiger partial charge in [0, 0.05) is 37.6 Å². The number of nitrogens with one attached hydrogen (secondary N) is 2.